The smallest absolute Gasteiger partial charge is 0.228 e. The molecule has 0 fully saturated rings. The van der Waals surface area contributed by atoms with E-state index in [-0.39, 0.29) is 6.10 Å². The normalized spacial score (nSPS) is 12.7. The molecule has 1 unspecified atom stereocenters. The lowest BCUT2D eigenvalue weighted by Gasteiger charge is -2.11. The average Bonchev–Trinajstić information content (AvgIpc) is 2.44. The summed E-state index contributed by atoms with van der Waals surface area (Å²) in [5.74, 6) is 0.570. The fourth-order valence-corrected chi connectivity index (χ4v) is 1.99. The summed E-state index contributed by atoms with van der Waals surface area (Å²) in [6, 6.07) is 1.91. The van der Waals surface area contributed by atoms with Gasteiger partial charge in [-0.05, 0) is 55.6 Å². The van der Waals surface area contributed by atoms with E-state index in [0.717, 1.165) is 35.2 Å². The second-order valence-corrected chi connectivity index (χ2v) is 5.89. The Morgan fingerprint density at radius 3 is 2.90 bits per heavy atom. The molecule has 1 aromatic heterocycles. The largest absolute Gasteiger partial charge is 0.477 e. The van der Waals surface area contributed by atoms with Crippen molar-refractivity contribution in [3.63, 3.8) is 0 Å². The number of rotatable bonds is 8. The van der Waals surface area contributed by atoms with E-state index in [1.54, 1.807) is 13.3 Å². The summed E-state index contributed by atoms with van der Waals surface area (Å²) in [6.45, 7) is 7.20. The van der Waals surface area contributed by atoms with Gasteiger partial charge in [0.05, 0.1) is 34.9 Å². The van der Waals surface area contributed by atoms with Gasteiger partial charge >= 0.3 is 0 Å². The van der Waals surface area contributed by atoms with E-state index in [1.165, 1.54) is 0 Å². The third kappa shape index (κ3) is 6.44. The van der Waals surface area contributed by atoms with Crippen LogP contribution in [0.2, 0.25) is 0 Å². The van der Waals surface area contributed by atoms with Crippen LogP contribution in [0.25, 0.3) is 0 Å². The lowest BCUT2D eigenvalue weighted by atomic mass is 10.2. The molecule has 6 heteroatoms. The molecule has 1 N–H and O–H groups in total. The molecule has 1 rings (SSSR count). The van der Waals surface area contributed by atoms with Gasteiger partial charge in [0.2, 0.25) is 5.88 Å². The molecule has 0 aliphatic carbocycles. The number of halogens is 1. The summed E-state index contributed by atoms with van der Waals surface area (Å²) in [5, 5.41) is 9.21. The Morgan fingerprint density at radius 1 is 1.57 bits per heavy atom. The number of aliphatic hydroxyl groups is 1. The molecule has 5 nitrogen and oxygen atoms in total. The fourth-order valence-electron chi connectivity index (χ4n) is 1.57. The summed E-state index contributed by atoms with van der Waals surface area (Å²) < 4.78 is 6.43. The summed E-state index contributed by atoms with van der Waals surface area (Å²) in [5.41, 5.74) is 1.64. The van der Waals surface area contributed by atoms with E-state index in [1.807, 2.05) is 24.9 Å². The van der Waals surface area contributed by atoms with Crippen LogP contribution >= 0.6 is 15.9 Å². The van der Waals surface area contributed by atoms with Crippen LogP contribution < -0.4 is 4.74 Å². The molecule has 0 aliphatic heterocycles. The summed E-state index contributed by atoms with van der Waals surface area (Å²) >= 11 is 3.46. The first kappa shape index (κ1) is 17.9. The van der Waals surface area contributed by atoms with E-state index in [2.05, 4.69) is 32.8 Å². The molecule has 1 aromatic rings. The molecule has 0 saturated heterocycles. The molecule has 1 atom stereocenters. The number of hydrogen-bond donors (Lipinski definition) is 1. The highest BCUT2D eigenvalue weighted by Crippen LogP contribution is 2.29. The second kappa shape index (κ2) is 9.00. The number of ether oxygens (including phenoxy) is 1. The minimum absolute atomic E-state index is 0.293. The van der Waals surface area contributed by atoms with Crippen molar-refractivity contribution >= 4 is 28.0 Å². The highest BCUT2D eigenvalue weighted by molar-refractivity contribution is 9.10. The predicted octanol–water partition coefficient (Wildman–Crippen LogP) is 3.30. The predicted molar refractivity (Wildman–Crippen MR) is 89.5 cm³/mol. The Hall–Kier alpha value is -1.14. The first-order chi connectivity index (χ1) is 9.93. The number of hydrogen-bond acceptors (Lipinski definition) is 4. The van der Waals surface area contributed by atoms with E-state index in [9.17, 15) is 5.11 Å². The van der Waals surface area contributed by atoms with E-state index in [4.69, 9.17) is 4.74 Å². The van der Waals surface area contributed by atoms with Gasteiger partial charge in [-0.3, -0.25) is 0 Å². The molecule has 0 radical (unpaired) electrons. The summed E-state index contributed by atoms with van der Waals surface area (Å²) in [6.07, 6.45) is 3.02. The van der Waals surface area contributed by atoms with E-state index < -0.39 is 0 Å². The standard InChI is InChI=1S/C15H24BrN3O2/c1-5-19(4)10-17-14-9-13(16)15(18-12(14)3)21-8-6-7-11(2)20/h9-11,20H,5-8H2,1-4H3/b17-10+. The topological polar surface area (TPSA) is 58.0 Å². The molecule has 0 aromatic carbocycles. The highest BCUT2D eigenvalue weighted by Gasteiger charge is 2.08. The van der Waals surface area contributed by atoms with Gasteiger partial charge in [-0.2, -0.15) is 0 Å². The summed E-state index contributed by atoms with van der Waals surface area (Å²) in [4.78, 5) is 10.8. The van der Waals surface area contributed by atoms with Gasteiger partial charge in [0.1, 0.15) is 0 Å². The van der Waals surface area contributed by atoms with Crippen molar-refractivity contribution in [3.05, 3.63) is 16.2 Å². The molecule has 1 heterocycles. The maximum Gasteiger partial charge on any atom is 0.228 e. The number of aliphatic imine (C=N–C) groups is 1. The Labute approximate surface area is 135 Å². The van der Waals surface area contributed by atoms with Crippen LogP contribution in [-0.2, 0) is 0 Å². The van der Waals surface area contributed by atoms with Crippen LogP contribution in [0.4, 0.5) is 5.69 Å². The van der Waals surface area contributed by atoms with Gasteiger partial charge in [0.25, 0.3) is 0 Å². The van der Waals surface area contributed by atoms with Gasteiger partial charge < -0.3 is 14.7 Å². The number of pyridine rings is 1. The highest BCUT2D eigenvalue weighted by atomic mass is 79.9. The molecular formula is C15H24BrN3O2. The molecule has 0 saturated carbocycles. The van der Waals surface area contributed by atoms with Crippen molar-refractivity contribution in [3.8, 4) is 5.88 Å². The quantitative estimate of drug-likeness (QED) is 0.440. The minimum Gasteiger partial charge on any atom is -0.477 e. The van der Waals surface area contributed by atoms with Gasteiger partial charge in [-0.1, -0.05) is 0 Å². The maximum absolute atomic E-state index is 9.21. The maximum atomic E-state index is 9.21. The van der Waals surface area contributed by atoms with Gasteiger partial charge in [0, 0.05) is 13.6 Å². The molecule has 118 valence electrons. The van der Waals surface area contributed by atoms with Crippen molar-refractivity contribution in [1.82, 2.24) is 9.88 Å². The minimum atomic E-state index is -0.293. The SMILES string of the molecule is CCN(C)/C=N/c1cc(Br)c(OCCCC(C)O)nc1C. The number of aryl methyl sites for hydroxylation is 1. The first-order valence-electron chi connectivity index (χ1n) is 7.16. The molecular weight excluding hydrogens is 334 g/mol. The van der Waals surface area contributed by atoms with Crippen LogP contribution in [-0.4, -0.2) is 47.6 Å². The van der Waals surface area contributed by atoms with Gasteiger partial charge in [-0.25, -0.2) is 9.98 Å². The van der Waals surface area contributed by atoms with Crippen LogP contribution in [0.1, 0.15) is 32.4 Å². The fraction of sp³-hybridized carbons (Fsp3) is 0.600. The van der Waals surface area contributed by atoms with Gasteiger partial charge in [-0.15, -0.1) is 0 Å². The molecule has 0 spiro atoms. The van der Waals surface area contributed by atoms with E-state index in [0.29, 0.717) is 12.5 Å². The van der Waals surface area contributed by atoms with Crippen LogP contribution in [0.3, 0.4) is 0 Å². The van der Waals surface area contributed by atoms with E-state index >= 15 is 0 Å². The Bertz CT molecular complexity index is 478. The molecule has 0 amide bonds. The van der Waals surface area contributed by atoms with Crippen molar-refractivity contribution in [2.75, 3.05) is 20.2 Å². The number of nitrogens with zero attached hydrogens (tertiary/aromatic N) is 3. The van der Waals surface area contributed by atoms with Crippen LogP contribution in [0.5, 0.6) is 5.88 Å². The zero-order chi connectivity index (χ0) is 15.8. The van der Waals surface area contributed by atoms with Crippen LogP contribution in [0.15, 0.2) is 15.5 Å². The lowest BCUT2D eigenvalue weighted by Crippen LogP contribution is -2.14. The van der Waals surface area contributed by atoms with Crippen molar-refractivity contribution in [2.45, 2.75) is 39.7 Å². The number of aliphatic hydroxyl groups excluding tert-OH is 1. The Balaban J connectivity index is 2.68. The lowest BCUT2D eigenvalue weighted by molar-refractivity contribution is 0.169. The first-order valence-corrected chi connectivity index (χ1v) is 7.95. The molecule has 21 heavy (non-hydrogen) atoms. The van der Waals surface area contributed by atoms with Crippen molar-refractivity contribution in [1.29, 1.82) is 0 Å². The Morgan fingerprint density at radius 2 is 2.29 bits per heavy atom. The molecule has 0 bridgehead atoms. The molecule has 0 aliphatic rings. The number of aromatic nitrogens is 1. The zero-order valence-electron chi connectivity index (χ0n) is 13.1. The van der Waals surface area contributed by atoms with Crippen LogP contribution in [0, 0.1) is 6.92 Å². The third-order valence-electron chi connectivity index (χ3n) is 3.01. The zero-order valence-corrected chi connectivity index (χ0v) is 14.7. The summed E-state index contributed by atoms with van der Waals surface area (Å²) in [7, 11) is 1.97. The van der Waals surface area contributed by atoms with Gasteiger partial charge in [0.15, 0.2) is 0 Å². The monoisotopic (exact) mass is 357 g/mol. The Kier molecular flexibility index (Phi) is 7.67. The van der Waals surface area contributed by atoms with Crippen molar-refractivity contribution in [2.24, 2.45) is 4.99 Å². The van der Waals surface area contributed by atoms with Crippen molar-refractivity contribution < 1.29 is 9.84 Å². The second-order valence-electron chi connectivity index (χ2n) is 5.04. The average molecular weight is 358 g/mol. The third-order valence-corrected chi connectivity index (χ3v) is 3.57.